The number of carbonyl (C=O) groups excluding carboxylic acids is 2. The number of carbonyl (C=O) groups is 2. The lowest BCUT2D eigenvalue weighted by Crippen LogP contribution is -2.36. The molecule has 0 atom stereocenters. The second-order valence-electron chi connectivity index (χ2n) is 5.58. The minimum atomic E-state index is -0.321. The lowest BCUT2D eigenvalue weighted by Gasteiger charge is -2.22. The van der Waals surface area contributed by atoms with Crippen LogP contribution in [0.1, 0.15) is 38.1 Å². The van der Waals surface area contributed by atoms with Crippen LogP contribution < -0.4 is 10.6 Å². The van der Waals surface area contributed by atoms with E-state index >= 15 is 0 Å². The maximum atomic E-state index is 12.6. The Morgan fingerprint density at radius 1 is 1.27 bits per heavy atom. The zero-order valence-corrected chi connectivity index (χ0v) is 13.8. The number of urea groups is 1. The largest absolute Gasteiger partial charge is 0.336 e. The minimum Gasteiger partial charge on any atom is -0.336 e. The summed E-state index contributed by atoms with van der Waals surface area (Å²) in [6.07, 6.45) is 0. The van der Waals surface area contributed by atoms with Gasteiger partial charge in [-0.15, -0.1) is 0 Å². The number of likely N-dealkylation sites (N-methyl/N-ethyl adjacent to an activating group) is 1. The summed E-state index contributed by atoms with van der Waals surface area (Å²) in [5.41, 5.74) is 1.90. The Kier molecular flexibility index (Phi) is 6.63. The van der Waals surface area contributed by atoms with Gasteiger partial charge < -0.3 is 15.5 Å². The molecule has 0 saturated carbocycles. The molecule has 1 aromatic carbocycles. The molecule has 0 bridgehead atoms. The molecule has 5 nitrogen and oxygen atoms in total. The number of para-hydroxylation sites is 1. The summed E-state index contributed by atoms with van der Waals surface area (Å²) in [6, 6.07) is 6.72. The van der Waals surface area contributed by atoms with Crippen LogP contribution in [0.4, 0.5) is 10.5 Å². The van der Waals surface area contributed by atoms with Crippen molar-refractivity contribution < 1.29 is 9.59 Å². The Bertz CT molecular complexity index is 553. The second kappa shape index (κ2) is 8.22. The summed E-state index contributed by atoms with van der Waals surface area (Å²) in [5.74, 6) is -0.119. The maximum absolute atomic E-state index is 12.6. The third-order valence-electron chi connectivity index (χ3n) is 2.96. The number of amides is 3. The highest BCUT2D eigenvalue weighted by molar-refractivity contribution is 6.03. The highest BCUT2D eigenvalue weighted by Gasteiger charge is 2.18. The van der Waals surface area contributed by atoms with Gasteiger partial charge in [0.05, 0.1) is 11.3 Å². The van der Waals surface area contributed by atoms with Crippen molar-refractivity contribution in [3.63, 3.8) is 0 Å². The van der Waals surface area contributed by atoms with Gasteiger partial charge in [-0.25, -0.2) is 4.79 Å². The Hall–Kier alpha value is -2.30. The van der Waals surface area contributed by atoms with Crippen LogP contribution in [0, 0.1) is 0 Å². The van der Waals surface area contributed by atoms with Crippen LogP contribution in [-0.2, 0) is 0 Å². The SMILES string of the molecule is C=C(C)CN(CC)C(=O)c1ccccc1NC(=O)NC(C)C. The van der Waals surface area contributed by atoms with Gasteiger partial charge in [-0.05, 0) is 39.8 Å². The van der Waals surface area contributed by atoms with Gasteiger partial charge in [0, 0.05) is 19.1 Å². The lowest BCUT2D eigenvalue weighted by atomic mass is 10.1. The van der Waals surface area contributed by atoms with Crippen LogP contribution in [0.25, 0.3) is 0 Å². The van der Waals surface area contributed by atoms with E-state index in [9.17, 15) is 9.59 Å². The molecule has 0 unspecified atom stereocenters. The van der Waals surface area contributed by atoms with Gasteiger partial charge in [0.1, 0.15) is 0 Å². The second-order valence-corrected chi connectivity index (χ2v) is 5.58. The number of hydrogen-bond acceptors (Lipinski definition) is 2. The summed E-state index contributed by atoms with van der Waals surface area (Å²) < 4.78 is 0. The third-order valence-corrected chi connectivity index (χ3v) is 2.96. The average Bonchev–Trinajstić information content (AvgIpc) is 2.43. The van der Waals surface area contributed by atoms with Gasteiger partial charge in [0.25, 0.3) is 5.91 Å². The van der Waals surface area contributed by atoms with E-state index in [2.05, 4.69) is 17.2 Å². The highest BCUT2D eigenvalue weighted by atomic mass is 16.2. The molecule has 0 aliphatic heterocycles. The van der Waals surface area contributed by atoms with Crippen molar-refractivity contribution in [3.05, 3.63) is 42.0 Å². The fourth-order valence-corrected chi connectivity index (χ4v) is 2.02. The molecule has 0 heterocycles. The molecule has 0 aliphatic carbocycles. The summed E-state index contributed by atoms with van der Waals surface area (Å²) >= 11 is 0. The molecule has 22 heavy (non-hydrogen) atoms. The van der Waals surface area contributed by atoms with Gasteiger partial charge in [0.2, 0.25) is 0 Å². The molecule has 0 aliphatic rings. The van der Waals surface area contributed by atoms with E-state index in [1.165, 1.54) is 0 Å². The lowest BCUT2D eigenvalue weighted by molar-refractivity contribution is 0.0779. The van der Waals surface area contributed by atoms with E-state index in [0.29, 0.717) is 24.3 Å². The highest BCUT2D eigenvalue weighted by Crippen LogP contribution is 2.18. The van der Waals surface area contributed by atoms with E-state index < -0.39 is 0 Å². The van der Waals surface area contributed by atoms with Crippen LogP contribution in [0.2, 0.25) is 0 Å². The molecule has 0 spiro atoms. The van der Waals surface area contributed by atoms with Gasteiger partial charge in [0.15, 0.2) is 0 Å². The van der Waals surface area contributed by atoms with Crippen molar-refractivity contribution in [1.82, 2.24) is 10.2 Å². The minimum absolute atomic E-state index is 0.0263. The monoisotopic (exact) mass is 303 g/mol. The van der Waals surface area contributed by atoms with E-state index in [0.717, 1.165) is 5.57 Å². The molecule has 0 fully saturated rings. The van der Waals surface area contributed by atoms with Crippen molar-refractivity contribution >= 4 is 17.6 Å². The van der Waals surface area contributed by atoms with Crippen molar-refractivity contribution in [2.75, 3.05) is 18.4 Å². The summed E-state index contributed by atoms with van der Waals surface area (Å²) in [5, 5.41) is 5.48. The van der Waals surface area contributed by atoms with E-state index in [1.807, 2.05) is 27.7 Å². The fraction of sp³-hybridized carbons (Fsp3) is 0.412. The first-order valence-electron chi connectivity index (χ1n) is 7.45. The molecule has 2 N–H and O–H groups in total. The molecule has 0 aromatic heterocycles. The van der Waals surface area contributed by atoms with Gasteiger partial charge in [-0.2, -0.15) is 0 Å². The Balaban J connectivity index is 2.97. The topological polar surface area (TPSA) is 61.4 Å². The number of hydrogen-bond donors (Lipinski definition) is 2. The zero-order valence-electron chi connectivity index (χ0n) is 13.8. The summed E-state index contributed by atoms with van der Waals surface area (Å²) in [6.45, 7) is 12.5. The Labute approximate surface area is 132 Å². The van der Waals surface area contributed by atoms with Gasteiger partial charge in [-0.3, -0.25) is 4.79 Å². The number of nitrogens with zero attached hydrogens (tertiary/aromatic N) is 1. The molecule has 1 aromatic rings. The molecule has 120 valence electrons. The summed E-state index contributed by atoms with van der Waals surface area (Å²) in [4.78, 5) is 26.2. The van der Waals surface area contributed by atoms with Crippen LogP contribution in [-0.4, -0.2) is 36.0 Å². The zero-order chi connectivity index (χ0) is 16.7. The van der Waals surface area contributed by atoms with Crippen LogP contribution >= 0.6 is 0 Å². The molecular formula is C17H25N3O2. The Morgan fingerprint density at radius 3 is 2.45 bits per heavy atom. The molecular weight excluding hydrogens is 278 g/mol. The molecule has 0 radical (unpaired) electrons. The maximum Gasteiger partial charge on any atom is 0.319 e. The average molecular weight is 303 g/mol. The summed E-state index contributed by atoms with van der Waals surface area (Å²) in [7, 11) is 0. The first kappa shape index (κ1) is 17.8. The number of nitrogens with one attached hydrogen (secondary N) is 2. The van der Waals surface area contributed by atoms with Crippen molar-refractivity contribution in [1.29, 1.82) is 0 Å². The number of anilines is 1. The predicted octanol–water partition coefficient (Wildman–Crippen LogP) is 3.25. The Morgan fingerprint density at radius 2 is 1.91 bits per heavy atom. The molecule has 0 saturated heterocycles. The van der Waals surface area contributed by atoms with Crippen molar-refractivity contribution in [3.8, 4) is 0 Å². The van der Waals surface area contributed by atoms with Crippen molar-refractivity contribution in [2.24, 2.45) is 0 Å². The number of benzene rings is 1. The van der Waals surface area contributed by atoms with Gasteiger partial charge >= 0.3 is 6.03 Å². The first-order valence-corrected chi connectivity index (χ1v) is 7.45. The van der Waals surface area contributed by atoms with Gasteiger partial charge in [-0.1, -0.05) is 24.3 Å². The van der Waals surface area contributed by atoms with Crippen LogP contribution in [0.15, 0.2) is 36.4 Å². The van der Waals surface area contributed by atoms with E-state index in [4.69, 9.17) is 0 Å². The van der Waals surface area contributed by atoms with E-state index in [-0.39, 0.29) is 18.0 Å². The molecule has 1 rings (SSSR count). The first-order chi connectivity index (χ1) is 10.3. The normalized spacial score (nSPS) is 10.2. The quantitative estimate of drug-likeness (QED) is 0.792. The standard InChI is InChI=1S/C17H25N3O2/c1-6-20(11-12(2)3)16(21)14-9-7-8-10-15(14)19-17(22)18-13(4)5/h7-10,13H,2,6,11H2,1,3-5H3,(H2,18,19,22). The molecule has 5 heteroatoms. The smallest absolute Gasteiger partial charge is 0.319 e. The van der Waals surface area contributed by atoms with E-state index in [1.54, 1.807) is 29.2 Å². The predicted molar refractivity (Wildman–Crippen MR) is 90.1 cm³/mol. The van der Waals surface area contributed by atoms with Crippen molar-refractivity contribution in [2.45, 2.75) is 33.7 Å². The molecule has 3 amide bonds. The third kappa shape index (κ3) is 5.24. The van der Waals surface area contributed by atoms with Crippen LogP contribution in [0.5, 0.6) is 0 Å². The number of rotatable bonds is 6. The van der Waals surface area contributed by atoms with Crippen LogP contribution in [0.3, 0.4) is 0 Å². The fourth-order valence-electron chi connectivity index (χ4n) is 2.02.